The molecule has 1 radical (unpaired) electrons. The van der Waals surface area contributed by atoms with E-state index in [2.05, 4.69) is 6.92 Å². The van der Waals surface area contributed by atoms with Crippen molar-refractivity contribution in [1.29, 1.82) is 0 Å². The van der Waals surface area contributed by atoms with Crippen molar-refractivity contribution in [3.05, 3.63) is 76.9 Å². The molecular formula is C36H45LiNO8. The zero-order chi connectivity index (χ0) is 32.6. The van der Waals surface area contributed by atoms with E-state index in [4.69, 9.17) is 18.9 Å². The number of para-hydroxylation sites is 1. The summed E-state index contributed by atoms with van der Waals surface area (Å²) in [7, 11) is 0. The molecule has 0 aliphatic carbocycles. The van der Waals surface area contributed by atoms with E-state index in [0.717, 1.165) is 30.4 Å². The summed E-state index contributed by atoms with van der Waals surface area (Å²) < 4.78 is 23.9. The minimum atomic E-state index is -1.05. The Morgan fingerprint density at radius 3 is 2.28 bits per heavy atom. The number of carboxylic acids is 1. The molecule has 1 aliphatic rings. The molecule has 46 heavy (non-hydrogen) atoms. The van der Waals surface area contributed by atoms with Crippen LogP contribution in [-0.4, -0.2) is 71.4 Å². The number of phenols is 1. The molecular weight excluding hydrogens is 581 g/mol. The van der Waals surface area contributed by atoms with Gasteiger partial charge in [0.15, 0.2) is 0 Å². The third-order valence-electron chi connectivity index (χ3n) is 7.56. The molecule has 9 nitrogen and oxygen atoms in total. The summed E-state index contributed by atoms with van der Waals surface area (Å²) in [6, 6.07) is 15.4. The van der Waals surface area contributed by atoms with Gasteiger partial charge in [0.25, 0.3) is 0 Å². The van der Waals surface area contributed by atoms with Gasteiger partial charge in [0.05, 0.1) is 19.3 Å². The Hall–Kier alpha value is -3.80. The summed E-state index contributed by atoms with van der Waals surface area (Å²) >= 11 is 0. The smallest absolute Gasteiger partial charge is 0.410 e. The van der Waals surface area contributed by atoms with Gasteiger partial charge in [-0.25, -0.2) is 9.59 Å². The van der Waals surface area contributed by atoms with E-state index < -0.39 is 11.6 Å². The quantitative estimate of drug-likeness (QED) is 0.145. The van der Waals surface area contributed by atoms with Gasteiger partial charge in [-0.2, -0.15) is 0 Å². The number of nitrogens with zero attached hydrogens (tertiary/aromatic N) is 1. The molecule has 1 aliphatic heterocycles. The number of aryl methyl sites for hydroxylation is 1. The number of carbonyl (C=O) groups is 2. The fourth-order valence-electron chi connectivity index (χ4n) is 5.49. The van der Waals surface area contributed by atoms with Gasteiger partial charge in [-0.3, -0.25) is 0 Å². The molecule has 3 aromatic carbocycles. The van der Waals surface area contributed by atoms with E-state index in [1.165, 1.54) is 6.07 Å². The average molecular weight is 627 g/mol. The molecule has 1 saturated heterocycles. The average Bonchev–Trinajstić information content (AvgIpc) is 3.48. The van der Waals surface area contributed by atoms with Crippen LogP contribution in [0.4, 0.5) is 4.79 Å². The molecule has 1 fully saturated rings. The van der Waals surface area contributed by atoms with E-state index in [-0.39, 0.29) is 48.1 Å². The summed E-state index contributed by atoms with van der Waals surface area (Å²) in [5, 5.41) is 20.5. The minimum Gasteiger partial charge on any atom is -0.507 e. The monoisotopic (exact) mass is 626 g/mol. The number of carboxylic acid groups (broad SMARTS) is 1. The number of hydrogen-bond donors (Lipinski definition) is 2. The van der Waals surface area contributed by atoms with Crippen molar-refractivity contribution in [2.24, 2.45) is 0 Å². The molecule has 10 heteroatoms. The zero-order valence-corrected chi connectivity index (χ0v) is 27.9. The predicted octanol–water partition coefficient (Wildman–Crippen LogP) is 7.94. The first-order chi connectivity index (χ1) is 21.5. The number of ether oxygens (including phenoxy) is 4. The maximum atomic E-state index is 12.8. The number of amides is 1. The van der Waals surface area contributed by atoms with Crippen LogP contribution in [0.2, 0.25) is 0 Å². The van der Waals surface area contributed by atoms with E-state index in [0.29, 0.717) is 61.8 Å². The second-order valence-electron chi connectivity index (χ2n) is 12.1. The van der Waals surface area contributed by atoms with Crippen molar-refractivity contribution in [2.75, 3.05) is 19.8 Å². The Labute approximate surface area is 284 Å². The first-order valence-corrected chi connectivity index (χ1v) is 15.7. The fraction of sp³-hybridized carbons (Fsp3) is 0.444. The second kappa shape index (κ2) is 16.7. The maximum absolute atomic E-state index is 12.8. The van der Waals surface area contributed by atoms with Gasteiger partial charge in [-0.05, 0) is 82.3 Å². The number of hydrogen-bond acceptors (Lipinski definition) is 7. The van der Waals surface area contributed by atoms with Crippen LogP contribution in [0.15, 0.2) is 54.6 Å². The van der Waals surface area contributed by atoms with Crippen molar-refractivity contribution in [1.82, 2.24) is 4.90 Å². The number of carbonyl (C=O) groups excluding carboxylic acids is 1. The molecule has 3 aromatic rings. The summed E-state index contributed by atoms with van der Waals surface area (Å²) in [6.45, 7) is 11.0. The molecule has 4 rings (SSSR count). The van der Waals surface area contributed by atoms with E-state index >= 15 is 0 Å². The number of aromatic hydroxyl groups is 1. The Kier molecular flexibility index (Phi) is 13.3. The molecule has 0 bridgehead atoms. The Morgan fingerprint density at radius 2 is 1.61 bits per heavy atom. The third kappa shape index (κ3) is 9.37. The third-order valence-corrected chi connectivity index (χ3v) is 7.56. The molecule has 0 spiro atoms. The van der Waals surface area contributed by atoms with Crippen LogP contribution >= 0.6 is 0 Å². The van der Waals surface area contributed by atoms with Crippen molar-refractivity contribution >= 4 is 30.9 Å². The molecule has 2 N–H and O–H groups in total. The predicted molar refractivity (Wildman–Crippen MR) is 178 cm³/mol. The Balaban J connectivity index is 0.00000576. The molecule has 243 valence electrons. The largest absolute Gasteiger partial charge is 0.507 e. The van der Waals surface area contributed by atoms with Crippen LogP contribution in [0.5, 0.6) is 28.7 Å². The normalized spacial score (nSPS) is 14.4. The van der Waals surface area contributed by atoms with Crippen LogP contribution in [0.25, 0.3) is 0 Å². The standard InChI is InChI=1S/C36H45NO8.Li/c1-6-13-25-30(17-10-18-31(25)44-32-16-9-8-14-26(32)34(39)40)42-20-12-21-43-33-23-29(38)27(22-24(33)7-2)28-15-11-19-37(28)35(41)45-36(3,4)5;/h8-10,14,16-18,22-23,28,38H,6-7,11-13,15,19-21H2,1-5H3,(H,39,40);. The van der Waals surface area contributed by atoms with Gasteiger partial charge in [-0.1, -0.05) is 38.5 Å². The Morgan fingerprint density at radius 1 is 0.935 bits per heavy atom. The summed E-state index contributed by atoms with van der Waals surface area (Å²) in [5.74, 6) is 1.19. The summed E-state index contributed by atoms with van der Waals surface area (Å²) in [4.78, 5) is 26.2. The van der Waals surface area contributed by atoms with Crippen LogP contribution in [-0.2, 0) is 17.6 Å². The van der Waals surface area contributed by atoms with Gasteiger partial charge < -0.3 is 34.1 Å². The number of phenolic OH excluding ortho intramolecular Hbond substituents is 1. The van der Waals surface area contributed by atoms with Crippen LogP contribution in [0.1, 0.15) is 93.4 Å². The molecule has 1 unspecified atom stereocenters. The van der Waals surface area contributed by atoms with Crippen molar-refractivity contribution in [2.45, 2.75) is 84.8 Å². The minimum absolute atomic E-state index is 0. The molecule has 1 atom stereocenters. The van der Waals surface area contributed by atoms with Crippen LogP contribution < -0.4 is 14.2 Å². The zero-order valence-electron chi connectivity index (χ0n) is 27.9. The first-order valence-electron chi connectivity index (χ1n) is 15.7. The summed E-state index contributed by atoms with van der Waals surface area (Å²) in [6.07, 6.45) is 4.09. The van der Waals surface area contributed by atoms with E-state index in [1.807, 2.05) is 52.0 Å². The molecule has 0 saturated carbocycles. The number of likely N-dealkylation sites (tertiary alicyclic amines) is 1. The number of aromatic carboxylic acids is 1. The summed E-state index contributed by atoms with van der Waals surface area (Å²) in [5.41, 5.74) is 2.04. The second-order valence-corrected chi connectivity index (χ2v) is 12.1. The van der Waals surface area contributed by atoms with Gasteiger partial charge >= 0.3 is 12.1 Å². The number of rotatable bonds is 13. The maximum Gasteiger partial charge on any atom is 0.410 e. The fourth-order valence-corrected chi connectivity index (χ4v) is 5.49. The van der Waals surface area contributed by atoms with Gasteiger partial charge in [0.2, 0.25) is 0 Å². The SMILES string of the molecule is CCCc1c(OCCCOc2cc(O)c(C3CCCN3C(=O)OC(C)(C)C)cc2CC)cccc1Oc1ccccc1C(=O)O.[Li]. The first kappa shape index (κ1) is 36.7. The van der Waals surface area contributed by atoms with Crippen molar-refractivity contribution < 1.29 is 38.7 Å². The molecule has 1 heterocycles. The van der Waals surface area contributed by atoms with Crippen LogP contribution in [0, 0.1) is 0 Å². The van der Waals surface area contributed by atoms with E-state index in [1.54, 1.807) is 29.2 Å². The topological polar surface area (TPSA) is 115 Å². The number of benzene rings is 3. The van der Waals surface area contributed by atoms with Crippen molar-refractivity contribution in [3.8, 4) is 28.7 Å². The Bertz CT molecular complexity index is 1490. The van der Waals surface area contributed by atoms with Gasteiger partial charge in [0.1, 0.15) is 39.9 Å². The van der Waals surface area contributed by atoms with Crippen molar-refractivity contribution in [3.63, 3.8) is 0 Å². The molecule has 1 amide bonds. The van der Waals surface area contributed by atoms with Gasteiger partial charge in [0, 0.05) is 49.0 Å². The van der Waals surface area contributed by atoms with E-state index in [9.17, 15) is 19.8 Å². The van der Waals surface area contributed by atoms with Crippen LogP contribution in [0.3, 0.4) is 0 Å². The van der Waals surface area contributed by atoms with Gasteiger partial charge in [-0.15, -0.1) is 0 Å². The molecule has 0 aromatic heterocycles.